The summed E-state index contributed by atoms with van der Waals surface area (Å²) in [5.41, 5.74) is -0.820. The van der Waals surface area contributed by atoms with Gasteiger partial charge in [-0.2, -0.15) is 0 Å². The second-order valence-electron chi connectivity index (χ2n) is 7.50. The van der Waals surface area contributed by atoms with E-state index < -0.39 is 45.7 Å². The van der Waals surface area contributed by atoms with Crippen molar-refractivity contribution < 1.29 is 33.9 Å². The molecule has 3 aromatic rings. The Kier molecular flexibility index (Phi) is 6.27. The van der Waals surface area contributed by atoms with E-state index in [1.807, 2.05) is 0 Å². The summed E-state index contributed by atoms with van der Waals surface area (Å²) in [6.45, 7) is 0. The first-order valence-electron chi connectivity index (χ1n) is 10.0. The minimum absolute atomic E-state index is 0.00258. The summed E-state index contributed by atoms with van der Waals surface area (Å²) in [7, 11) is 1.45. The lowest BCUT2D eigenvalue weighted by molar-refractivity contribution is -0.385. The first-order chi connectivity index (χ1) is 16.6. The van der Waals surface area contributed by atoms with E-state index in [0.717, 1.165) is 29.2 Å². The molecule has 0 spiro atoms. The Balaban J connectivity index is 1.99. The van der Waals surface area contributed by atoms with Gasteiger partial charge in [0.1, 0.15) is 17.3 Å². The highest BCUT2D eigenvalue weighted by Gasteiger charge is 2.47. The molecule has 0 aromatic heterocycles. The van der Waals surface area contributed by atoms with Gasteiger partial charge in [0.25, 0.3) is 11.7 Å². The number of nitrogens with zero attached hydrogens (tertiary/aromatic N) is 2. The van der Waals surface area contributed by atoms with E-state index in [0.29, 0.717) is 10.2 Å². The maximum Gasteiger partial charge on any atom is 0.311 e. The minimum Gasteiger partial charge on any atom is -0.507 e. The van der Waals surface area contributed by atoms with Gasteiger partial charge in [-0.05, 0) is 64.0 Å². The van der Waals surface area contributed by atoms with Gasteiger partial charge in [0.05, 0.1) is 28.1 Å². The minimum atomic E-state index is -1.35. The van der Waals surface area contributed by atoms with Crippen molar-refractivity contribution in [2.24, 2.45) is 0 Å². The summed E-state index contributed by atoms with van der Waals surface area (Å²) in [6.07, 6.45) is 0. The van der Waals surface area contributed by atoms with Crippen molar-refractivity contribution in [3.8, 4) is 11.5 Å². The summed E-state index contributed by atoms with van der Waals surface area (Å²) in [6, 6.07) is 11.3. The molecule has 1 fully saturated rings. The molecule has 3 aromatic carbocycles. The summed E-state index contributed by atoms with van der Waals surface area (Å²) >= 11 is 3.30. The van der Waals surface area contributed by atoms with Crippen LogP contribution in [0.3, 0.4) is 0 Å². The third-order valence-electron chi connectivity index (χ3n) is 5.47. The fraction of sp³-hybridized carbons (Fsp3) is 0.0833. The first-order valence-corrected chi connectivity index (χ1v) is 10.8. The van der Waals surface area contributed by atoms with Crippen LogP contribution < -0.4 is 9.64 Å². The normalized spacial score (nSPS) is 17.0. The Morgan fingerprint density at radius 2 is 1.89 bits per heavy atom. The Morgan fingerprint density at radius 1 is 1.14 bits per heavy atom. The number of aliphatic hydroxyl groups is 1. The zero-order valence-corrected chi connectivity index (χ0v) is 19.5. The van der Waals surface area contributed by atoms with Crippen LogP contribution in [0.15, 0.2) is 70.7 Å². The average Bonchev–Trinajstić information content (AvgIpc) is 3.09. The van der Waals surface area contributed by atoms with Crippen LogP contribution in [0, 0.1) is 15.9 Å². The number of nitro benzene ring substituents is 1. The zero-order valence-electron chi connectivity index (χ0n) is 17.9. The van der Waals surface area contributed by atoms with Crippen LogP contribution in [-0.4, -0.2) is 33.9 Å². The van der Waals surface area contributed by atoms with Crippen LogP contribution in [0.25, 0.3) is 5.76 Å². The Hall–Kier alpha value is -4.25. The Bertz CT molecular complexity index is 1420. The fourth-order valence-electron chi connectivity index (χ4n) is 3.87. The highest BCUT2D eigenvalue weighted by molar-refractivity contribution is 9.10. The number of aromatic hydroxyl groups is 1. The van der Waals surface area contributed by atoms with Crippen molar-refractivity contribution in [2.75, 3.05) is 12.0 Å². The Morgan fingerprint density at radius 3 is 2.51 bits per heavy atom. The Labute approximate surface area is 206 Å². The van der Waals surface area contributed by atoms with Gasteiger partial charge >= 0.3 is 5.69 Å². The van der Waals surface area contributed by atoms with Crippen molar-refractivity contribution in [1.29, 1.82) is 0 Å². The number of amides is 1. The molecule has 11 heteroatoms. The van der Waals surface area contributed by atoms with Crippen molar-refractivity contribution in [2.45, 2.75) is 6.04 Å². The number of phenols is 1. The molecule has 0 radical (unpaired) electrons. The molecule has 2 N–H and O–H groups in total. The van der Waals surface area contributed by atoms with E-state index in [4.69, 9.17) is 4.74 Å². The average molecular weight is 543 g/mol. The number of rotatable bonds is 5. The molecular weight excluding hydrogens is 527 g/mol. The number of nitro groups is 1. The van der Waals surface area contributed by atoms with Crippen LogP contribution in [-0.2, 0) is 9.59 Å². The highest BCUT2D eigenvalue weighted by atomic mass is 79.9. The predicted octanol–water partition coefficient (Wildman–Crippen LogP) is 4.84. The van der Waals surface area contributed by atoms with Gasteiger partial charge in [-0.25, -0.2) is 4.39 Å². The van der Waals surface area contributed by atoms with Crippen molar-refractivity contribution >= 4 is 44.8 Å². The number of hydrogen-bond acceptors (Lipinski definition) is 7. The molecule has 1 saturated heterocycles. The molecule has 35 heavy (non-hydrogen) atoms. The molecule has 0 bridgehead atoms. The maximum absolute atomic E-state index is 14.0. The van der Waals surface area contributed by atoms with E-state index >= 15 is 0 Å². The third kappa shape index (κ3) is 4.21. The number of carbonyl (C=O) groups excluding carboxylic acids is 2. The second-order valence-corrected chi connectivity index (χ2v) is 8.36. The molecule has 1 aliphatic rings. The van der Waals surface area contributed by atoms with Gasteiger partial charge in [0.2, 0.25) is 0 Å². The number of phenolic OH excluding ortho intramolecular Hbond substituents is 1. The van der Waals surface area contributed by atoms with Crippen molar-refractivity contribution in [3.63, 3.8) is 0 Å². The number of Topliss-reactive ketones (excluding diaryl/α,β-unsaturated/α-hetero) is 1. The van der Waals surface area contributed by atoms with Crippen LogP contribution in [0.4, 0.5) is 15.8 Å². The summed E-state index contributed by atoms with van der Waals surface area (Å²) < 4.78 is 19.6. The first kappa shape index (κ1) is 23.9. The fourth-order valence-corrected chi connectivity index (χ4v) is 4.41. The van der Waals surface area contributed by atoms with E-state index in [-0.39, 0.29) is 22.4 Å². The molecule has 0 saturated carbocycles. The smallest absolute Gasteiger partial charge is 0.311 e. The molecule has 0 aliphatic carbocycles. The summed E-state index contributed by atoms with van der Waals surface area (Å²) in [4.78, 5) is 37.8. The molecule has 178 valence electrons. The largest absolute Gasteiger partial charge is 0.507 e. The lowest BCUT2D eigenvalue weighted by Crippen LogP contribution is -2.29. The second kappa shape index (κ2) is 9.18. The number of benzene rings is 3. The molecule has 1 aliphatic heterocycles. The van der Waals surface area contributed by atoms with Crippen molar-refractivity contribution in [1.82, 2.24) is 0 Å². The molecule has 9 nitrogen and oxygen atoms in total. The summed E-state index contributed by atoms with van der Waals surface area (Å²) in [5, 5.41) is 32.4. The zero-order chi connectivity index (χ0) is 25.4. The SMILES string of the molecule is COc1ccc(/C(O)=C2/C(=O)C(=O)N(c3cccc(F)c3)C2c2ccc(O)c([N+](=O)[O-])c2)cc1Br. The quantitative estimate of drug-likeness (QED) is 0.155. The van der Waals surface area contributed by atoms with Gasteiger partial charge in [0.15, 0.2) is 5.75 Å². The number of ketones is 1. The van der Waals surface area contributed by atoms with E-state index in [1.165, 1.54) is 43.5 Å². The molecule has 1 heterocycles. The molecular formula is C24H16BrFN2O7. The summed E-state index contributed by atoms with van der Waals surface area (Å²) in [5.74, 6) is -3.54. The number of halogens is 2. The van der Waals surface area contributed by atoms with Gasteiger partial charge < -0.3 is 14.9 Å². The number of ether oxygens (including phenoxy) is 1. The van der Waals surface area contributed by atoms with Gasteiger partial charge in [0, 0.05) is 17.3 Å². The lowest BCUT2D eigenvalue weighted by atomic mass is 9.94. The molecule has 1 unspecified atom stereocenters. The highest BCUT2D eigenvalue weighted by Crippen LogP contribution is 2.44. The predicted molar refractivity (Wildman–Crippen MR) is 127 cm³/mol. The third-order valence-corrected chi connectivity index (χ3v) is 6.09. The number of methoxy groups -OCH3 is 1. The van der Waals surface area contributed by atoms with E-state index in [1.54, 1.807) is 0 Å². The van der Waals surface area contributed by atoms with Gasteiger partial charge in [-0.15, -0.1) is 0 Å². The number of anilines is 1. The van der Waals surface area contributed by atoms with Crippen LogP contribution in [0.1, 0.15) is 17.2 Å². The number of carbonyl (C=O) groups is 2. The number of aliphatic hydroxyl groups excluding tert-OH is 1. The van der Waals surface area contributed by atoms with E-state index in [9.17, 15) is 34.3 Å². The molecule has 1 amide bonds. The standard InChI is InChI=1S/C24H16BrFN2O7/c1-35-19-8-6-13(9-16(19)25)22(30)20-21(12-5-7-18(29)17(10-12)28(33)34)27(24(32)23(20)31)15-4-2-3-14(26)11-15/h2-11,21,29-30H,1H3/b22-20-. The number of hydrogen-bond donors (Lipinski definition) is 2. The lowest BCUT2D eigenvalue weighted by Gasteiger charge is -2.25. The van der Waals surface area contributed by atoms with Gasteiger partial charge in [-0.3, -0.25) is 24.6 Å². The van der Waals surface area contributed by atoms with Crippen LogP contribution >= 0.6 is 15.9 Å². The van der Waals surface area contributed by atoms with Crippen LogP contribution in [0.5, 0.6) is 11.5 Å². The van der Waals surface area contributed by atoms with E-state index in [2.05, 4.69) is 15.9 Å². The van der Waals surface area contributed by atoms with Gasteiger partial charge in [-0.1, -0.05) is 12.1 Å². The molecule has 1 atom stereocenters. The molecule has 4 rings (SSSR count). The topological polar surface area (TPSA) is 130 Å². The van der Waals surface area contributed by atoms with Crippen LogP contribution in [0.2, 0.25) is 0 Å². The van der Waals surface area contributed by atoms with Crippen molar-refractivity contribution in [3.05, 3.63) is 97.8 Å². The maximum atomic E-state index is 14.0. The monoisotopic (exact) mass is 542 g/mol.